The van der Waals surface area contributed by atoms with Gasteiger partial charge in [-0.3, -0.25) is 9.59 Å². The molecule has 0 radical (unpaired) electrons. The summed E-state index contributed by atoms with van der Waals surface area (Å²) in [5, 5.41) is 12.2. The molecule has 0 aliphatic carbocycles. The second kappa shape index (κ2) is 8.69. The van der Waals surface area contributed by atoms with Gasteiger partial charge in [-0.25, -0.2) is 4.79 Å². The maximum atomic E-state index is 12.1. The minimum Gasteiger partial charge on any atom is -0.496 e. The van der Waals surface area contributed by atoms with Gasteiger partial charge in [-0.05, 0) is 30.3 Å². The summed E-state index contributed by atoms with van der Waals surface area (Å²) >= 11 is 11.8. The number of carboxylic acids is 1. The first kappa shape index (κ1) is 19.8. The highest BCUT2D eigenvalue weighted by Crippen LogP contribution is 2.31. The van der Waals surface area contributed by atoms with E-state index in [2.05, 4.69) is 5.32 Å². The van der Waals surface area contributed by atoms with Crippen LogP contribution in [-0.2, 0) is 4.79 Å². The molecule has 0 aromatic heterocycles. The van der Waals surface area contributed by atoms with E-state index in [4.69, 9.17) is 33.0 Å². The minimum atomic E-state index is -1.20. The Kier molecular flexibility index (Phi) is 6.60. The number of hydrogen-bond donors (Lipinski definition) is 2. The molecule has 0 bridgehead atoms. The molecule has 2 aromatic rings. The normalized spacial score (nSPS) is 10.3. The highest BCUT2D eigenvalue weighted by Gasteiger charge is 2.17. The third kappa shape index (κ3) is 4.97. The average Bonchev–Trinajstić information content (AvgIpc) is 2.61. The van der Waals surface area contributed by atoms with Crippen LogP contribution < -0.4 is 10.1 Å². The van der Waals surface area contributed by atoms with Crippen LogP contribution in [0.3, 0.4) is 0 Å². The van der Waals surface area contributed by atoms with Crippen molar-refractivity contribution in [2.75, 3.05) is 12.4 Å². The molecule has 0 saturated carbocycles. The monoisotopic (exact) mass is 395 g/mol. The van der Waals surface area contributed by atoms with Crippen molar-refractivity contribution >= 4 is 46.5 Å². The number of carbonyl (C=O) groups is 3. The molecule has 0 aliphatic heterocycles. The Bertz CT molecular complexity index is 849. The molecule has 2 aromatic carbocycles. The number of Topliss-reactive ketones (excluding diaryl/α,β-unsaturated/α-hetero) is 1. The largest absolute Gasteiger partial charge is 0.496 e. The van der Waals surface area contributed by atoms with Gasteiger partial charge in [-0.1, -0.05) is 23.2 Å². The van der Waals surface area contributed by atoms with Crippen molar-refractivity contribution in [3.63, 3.8) is 0 Å². The molecule has 6 nitrogen and oxygen atoms in total. The third-order valence-electron chi connectivity index (χ3n) is 3.54. The number of ether oxygens (including phenoxy) is 1. The zero-order chi connectivity index (χ0) is 19.3. The Hall–Kier alpha value is -2.57. The molecule has 2 rings (SSSR count). The lowest BCUT2D eigenvalue weighted by atomic mass is 10.1. The topological polar surface area (TPSA) is 92.7 Å². The van der Waals surface area contributed by atoms with Crippen LogP contribution in [0, 0.1) is 0 Å². The number of methoxy groups -OCH3 is 1. The highest BCUT2D eigenvalue weighted by molar-refractivity contribution is 6.34. The van der Waals surface area contributed by atoms with E-state index in [0.29, 0.717) is 10.6 Å². The molecule has 136 valence electrons. The molecule has 0 atom stereocenters. The molecule has 0 aliphatic rings. The van der Waals surface area contributed by atoms with E-state index in [9.17, 15) is 14.4 Å². The van der Waals surface area contributed by atoms with E-state index < -0.39 is 11.9 Å². The van der Waals surface area contributed by atoms with Crippen LogP contribution in [-0.4, -0.2) is 29.9 Å². The Morgan fingerprint density at radius 1 is 1.08 bits per heavy atom. The van der Waals surface area contributed by atoms with E-state index in [1.807, 2.05) is 0 Å². The number of nitrogens with one attached hydrogen (secondary N) is 1. The van der Waals surface area contributed by atoms with Crippen molar-refractivity contribution in [3.05, 3.63) is 57.6 Å². The van der Waals surface area contributed by atoms with Crippen LogP contribution >= 0.6 is 23.2 Å². The van der Waals surface area contributed by atoms with Gasteiger partial charge in [0.25, 0.3) is 0 Å². The van der Waals surface area contributed by atoms with Gasteiger partial charge in [0.1, 0.15) is 11.3 Å². The first-order valence-corrected chi connectivity index (χ1v) is 8.27. The van der Waals surface area contributed by atoms with Crippen LogP contribution in [0.1, 0.15) is 33.6 Å². The smallest absolute Gasteiger partial charge is 0.339 e. The van der Waals surface area contributed by atoms with Crippen LogP contribution in [0.15, 0.2) is 36.4 Å². The van der Waals surface area contributed by atoms with Crippen molar-refractivity contribution in [2.24, 2.45) is 0 Å². The van der Waals surface area contributed by atoms with Crippen LogP contribution in [0.5, 0.6) is 5.75 Å². The summed E-state index contributed by atoms with van der Waals surface area (Å²) in [7, 11) is 1.31. The Morgan fingerprint density at radius 2 is 1.73 bits per heavy atom. The quantitative estimate of drug-likeness (QED) is 0.681. The first-order valence-electron chi connectivity index (χ1n) is 7.51. The van der Waals surface area contributed by atoms with Crippen molar-refractivity contribution < 1.29 is 24.2 Å². The molecule has 0 saturated heterocycles. The summed E-state index contributed by atoms with van der Waals surface area (Å²) < 4.78 is 4.99. The Balaban J connectivity index is 2.02. The van der Waals surface area contributed by atoms with Crippen LogP contribution in [0.25, 0.3) is 0 Å². The highest BCUT2D eigenvalue weighted by atomic mass is 35.5. The Labute approximate surface area is 159 Å². The summed E-state index contributed by atoms with van der Waals surface area (Å²) in [6.07, 6.45) is -0.0454. The summed E-state index contributed by atoms with van der Waals surface area (Å²) in [6.45, 7) is 0. The zero-order valence-corrected chi connectivity index (χ0v) is 15.2. The molecule has 26 heavy (non-hydrogen) atoms. The summed E-state index contributed by atoms with van der Waals surface area (Å²) in [4.78, 5) is 35.3. The molecule has 0 spiro atoms. The molecule has 1 amide bonds. The summed E-state index contributed by atoms with van der Waals surface area (Å²) in [5.41, 5.74) is 0.554. The zero-order valence-electron chi connectivity index (χ0n) is 13.7. The van der Waals surface area contributed by atoms with Gasteiger partial charge in [0.2, 0.25) is 5.91 Å². The van der Waals surface area contributed by atoms with Crippen LogP contribution in [0.2, 0.25) is 10.0 Å². The summed E-state index contributed by atoms with van der Waals surface area (Å²) in [6, 6.07) is 8.90. The SMILES string of the molecule is COc1cc(NC(=O)CCC(=O)c2ccc(Cl)cc2)c(Cl)cc1C(=O)O. The number of benzene rings is 2. The lowest BCUT2D eigenvalue weighted by molar-refractivity contribution is -0.116. The second-order valence-corrected chi connectivity index (χ2v) is 6.16. The molecular weight excluding hydrogens is 381 g/mol. The maximum absolute atomic E-state index is 12.1. The molecule has 8 heteroatoms. The number of amides is 1. The molecule has 0 unspecified atom stereocenters. The van der Waals surface area contributed by atoms with Crippen molar-refractivity contribution in [1.29, 1.82) is 0 Å². The number of anilines is 1. The molecule has 0 fully saturated rings. The fourth-order valence-corrected chi connectivity index (χ4v) is 2.54. The third-order valence-corrected chi connectivity index (χ3v) is 4.10. The lowest BCUT2D eigenvalue weighted by Crippen LogP contribution is -2.14. The number of carbonyl (C=O) groups excluding carboxylic acids is 2. The Morgan fingerprint density at radius 3 is 2.31 bits per heavy atom. The van der Waals surface area contributed by atoms with Gasteiger partial charge in [0.05, 0.1) is 17.8 Å². The fourth-order valence-electron chi connectivity index (χ4n) is 2.21. The molecule has 2 N–H and O–H groups in total. The maximum Gasteiger partial charge on any atom is 0.339 e. The van der Waals surface area contributed by atoms with Gasteiger partial charge in [0, 0.05) is 29.5 Å². The first-order chi connectivity index (χ1) is 12.3. The second-order valence-electron chi connectivity index (χ2n) is 5.32. The van der Waals surface area contributed by atoms with E-state index >= 15 is 0 Å². The van der Waals surface area contributed by atoms with Crippen molar-refractivity contribution in [3.8, 4) is 5.75 Å². The fraction of sp³-hybridized carbons (Fsp3) is 0.167. The number of rotatable bonds is 7. The predicted molar refractivity (Wildman–Crippen MR) is 98.6 cm³/mol. The molecule has 0 heterocycles. The van der Waals surface area contributed by atoms with Crippen molar-refractivity contribution in [2.45, 2.75) is 12.8 Å². The van der Waals surface area contributed by atoms with Gasteiger partial charge in [0.15, 0.2) is 5.78 Å². The van der Waals surface area contributed by atoms with Crippen molar-refractivity contribution in [1.82, 2.24) is 0 Å². The number of halogens is 2. The standard InChI is InChI=1S/C18H15Cl2NO5/c1-26-16-9-14(13(20)8-12(16)18(24)25)21-17(23)7-6-15(22)10-2-4-11(19)5-3-10/h2-5,8-9H,6-7H2,1H3,(H,21,23)(H,24,25). The molecular formula is C18H15Cl2NO5. The van der Waals surface area contributed by atoms with Gasteiger partial charge >= 0.3 is 5.97 Å². The predicted octanol–water partition coefficient (Wildman–Crippen LogP) is 4.30. The number of hydrogen-bond acceptors (Lipinski definition) is 4. The minimum absolute atomic E-state index is 0.00935. The number of aromatic carboxylic acids is 1. The van der Waals surface area contributed by atoms with Gasteiger partial charge in [-0.15, -0.1) is 0 Å². The van der Waals surface area contributed by atoms with E-state index in [-0.39, 0.29) is 40.6 Å². The van der Waals surface area contributed by atoms with E-state index in [1.165, 1.54) is 19.2 Å². The van der Waals surface area contributed by atoms with Gasteiger partial charge < -0.3 is 15.2 Å². The van der Waals surface area contributed by atoms with Crippen LogP contribution in [0.4, 0.5) is 5.69 Å². The lowest BCUT2D eigenvalue weighted by Gasteiger charge is -2.11. The van der Waals surface area contributed by atoms with Gasteiger partial charge in [-0.2, -0.15) is 0 Å². The van der Waals surface area contributed by atoms with E-state index in [1.54, 1.807) is 24.3 Å². The summed E-state index contributed by atoms with van der Waals surface area (Å²) in [5.74, 6) is -1.76. The average molecular weight is 396 g/mol. The number of ketones is 1. The number of carboxylic acid groups (broad SMARTS) is 1. The van der Waals surface area contributed by atoms with E-state index in [0.717, 1.165) is 0 Å².